The van der Waals surface area contributed by atoms with Crippen molar-refractivity contribution in [1.29, 1.82) is 0 Å². The lowest BCUT2D eigenvalue weighted by molar-refractivity contribution is -0.235. The molecule has 3 aliphatic heterocycles. The lowest BCUT2D eigenvalue weighted by atomic mass is 9.62. The third-order valence-corrected chi connectivity index (χ3v) is 12.2. The second-order valence-electron chi connectivity index (χ2n) is 17.7. The van der Waals surface area contributed by atoms with Crippen LogP contribution in [0.4, 0.5) is 0 Å². The number of aromatic hydroxyl groups is 1. The largest absolute Gasteiger partial charge is 0.508 e. The Balaban J connectivity index is 0.967. The molecule has 7 unspecified atom stereocenters. The fraction of sp³-hybridized carbons (Fsp3) is 0.591. The van der Waals surface area contributed by atoms with Gasteiger partial charge < -0.3 is 39.8 Å². The molecule has 3 aliphatic carbocycles. The van der Waals surface area contributed by atoms with E-state index in [4.69, 9.17) is 23.8 Å². The molecule has 14 nitrogen and oxygen atoms in total. The van der Waals surface area contributed by atoms with Crippen LogP contribution in [-0.2, 0) is 55.9 Å². The first-order valence-corrected chi connectivity index (χ1v) is 20.7. The molecule has 2 aromatic carbocycles. The minimum atomic E-state index is -1.38. The maximum absolute atomic E-state index is 14.6. The Hall–Kier alpha value is -4.34. The van der Waals surface area contributed by atoms with Crippen LogP contribution in [0.15, 0.2) is 54.6 Å². The molecule has 8 rings (SSSR count). The third kappa shape index (κ3) is 8.14. The molecule has 0 spiro atoms. The van der Waals surface area contributed by atoms with Gasteiger partial charge in [-0.3, -0.25) is 24.0 Å². The zero-order valence-corrected chi connectivity index (χ0v) is 33.4. The number of carbonyl (C=O) groups excluding carboxylic acids is 4. The Kier molecular flexibility index (Phi) is 11.2. The second-order valence-corrected chi connectivity index (χ2v) is 17.7. The smallest absolute Gasteiger partial charge is 0.327 e. The summed E-state index contributed by atoms with van der Waals surface area (Å²) in [7, 11) is 0. The predicted molar refractivity (Wildman–Crippen MR) is 208 cm³/mol. The van der Waals surface area contributed by atoms with E-state index in [-0.39, 0.29) is 63.0 Å². The van der Waals surface area contributed by atoms with Crippen molar-refractivity contribution < 1.29 is 53.2 Å². The molecule has 0 aromatic heterocycles. The summed E-state index contributed by atoms with van der Waals surface area (Å²) in [4.78, 5) is 60.6. The fourth-order valence-electron chi connectivity index (χ4n) is 9.23. The number of fused-ring (bicyclic) bond motifs is 4. The van der Waals surface area contributed by atoms with E-state index in [0.717, 1.165) is 42.4 Å². The molecule has 6 aliphatic rings. The van der Waals surface area contributed by atoms with Gasteiger partial charge in [-0.1, -0.05) is 54.6 Å². The van der Waals surface area contributed by atoms with Crippen molar-refractivity contribution in [2.24, 2.45) is 17.3 Å². The number of hydroxylamine groups is 2. The molecule has 58 heavy (non-hydrogen) atoms. The first kappa shape index (κ1) is 40.4. The number of aliphatic hydroxyl groups is 1. The molecule has 2 aromatic rings. The number of esters is 2. The maximum atomic E-state index is 14.6. The zero-order valence-electron chi connectivity index (χ0n) is 33.4. The molecule has 6 fully saturated rings. The van der Waals surface area contributed by atoms with Crippen LogP contribution in [0.1, 0.15) is 88.8 Å². The summed E-state index contributed by atoms with van der Waals surface area (Å²) >= 11 is 0. The first-order valence-electron chi connectivity index (χ1n) is 20.7. The number of ether oxygens (including phenoxy) is 4. The van der Waals surface area contributed by atoms with E-state index in [2.05, 4.69) is 10.6 Å². The number of allylic oxidation sites excluding steroid dienone is 1. The minimum absolute atomic E-state index is 0.0252. The number of phenols is 1. The quantitative estimate of drug-likeness (QED) is 0.180. The summed E-state index contributed by atoms with van der Waals surface area (Å²) in [5, 5.41) is 27.2. The maximum Gasteiger partial charge on any atom is 0.327 e. The van der Waals surface area contributed by atoms with Crippen molar-refractivity contribution in [3.63, 3.8) is 0 Å². The van der Waals surface area contributed by atoms with Gasteiger partial charge >= 0.3 is 11.9 Å². The number of hydrogen-bond acceptors (Lipinski definition) is 12. The number of nitrogens with zero attached hydrogens (tertiary/aromatic N) is 1. The van der Waals surface area contributed by atoms with Gasteiger partial charge in [-0.2, -0.15) is 5.06 Å². The van der Waals surface area contributed by atoms with E-state index in [1.54, 1.807) is 38.0 Å². The molecular weight excluding hydrogens is 746 g/mol. The van der Waals surface area contributed by atoms with Gasteiger partial charge in [0.2, 0.25) is 11.8 Å². The normalized spacial score (nSPS) is 29.1. The van der Waals surface area contributed by atoms with E-state index in [0.29, 0.717) is 6.42 Å². The van der Waals surface area contributed by atoms with Gasteiger partial charge in [-0.15, -0.1) is 0 Å². The van der Waals surface area contributed by atoms with Crippen LogP contribution >= 0.6 is 0 Å². The molecule has 3 saturated heterocycles. The predicted octanol–water partition coefficient (Wildman–Crippen LogP) is 3.85. The van der Waals surface area contributed by atoms with Gasteiger partial charge in [0, 0.05) is 37.6 Å². The number of para-hydroxylation sites is 1. The van der Waals surface area contributed by atoms with Crippen molar-refractivity contribution in [2.75, 3.05) is 13.2 Å². The number of amides is 2. The minimum Gasteiger partial charge on any atom is -0.508 e. The van der Waals surface area contributed by atoms with Gasteiger partial charge in [0.25, 0.3) is 0 Å². The highest BCUT2D eigenvalue weighted by Gasteiger charge is 2.78. The fourth-order valence-corrected chi connectivity index (χ4v) is 9.23. The van der Waals surface area contributed by atoms with Crippen molar-refractivity contribution in [1.82, 2.24) is 15.7 Å². The summed E-state index contributed by atoms with van der Waals surface area (Å²) in [6.07, 6.45) is 6.03. The van der Waals surface area contributed by atoms with Crippen LogP contribution in [0.25, 0.3) is 6.08 Å². The standard InChI is InChI=1S/C44H55N3O11/c1-42(2,3)55-35(51)20-19-31(25-48)46-34(50)21-22-45-41(53)43-23-33-36-37(57-44(56-36,29-15-16-29)30-17-18-30)39(43)58-47(38(43)40(52)54-33)24-27-13-11-26(12-14-27)7-6-9-28-8-4-5-10-32(28)49/h4-8,10-14,29-31,33,36-39,48-49H,9,15-25H2,1-3H3,(H,45,53)(H,46,50). The average molecular weight is 802 g/mol. The highest BCUT2D eigenvalue weighted by Crippen LogP contribution is 2.63. The van der Waals surface area contributed by atoms with E-state index in [1.165, 1.54) is 0 Å². The van der Waals surface area contributed by atoms with Crippen LogP contribution in [0, 0.1) is 17.3 Å². The average Bonchev–Trinajstić information content (AvgIpc) is 4.13. The molecule has 3 heterocycles. The van der Waals surface area contributed by atoms with Crippen molar-refractivity contribution in [3.8, 4) is 5.75 Å². The van der Waals surface area contributed by atoms with Crippen molar-refractivity contribution in [3.05, 3.63) is 71.3 Å². The van der Waals surface area contributed by atoms with Gasteiger partial charge in [0.15, 0.2) is 11.8 Å². The topological polar surface area (TPSA) is 182 Å². The lowest BCUT2D eigenvalue weighted by Gasteiger charge is -2.48. The van der Waals surface area contributed by atoms with Crippen LogP contribution in [0.2, 0.25) is 0 Å². The Morgan fingerprint density at radius 1 is 1.00 bits per heavy atom. The number of carbonyl (C=O) groups is 4. The lowest BCUT2D eigenvalue weighted by Crippen LogP contribution is -2.69. The number of aliphatic hydroxyl groups excluding tert-OH is 1. The summed E-state index contributed by atoms with van der Waals surface area (Å²) in [5.74, 6) is -1.86. The van der Waals surface area contributed by atoms with E-state index < -0.39 is 77.1 Å². The molecular formula is C44H55N3O11. The van der Waals surface area contributed by atoms with Crippen LogP contribution in [0.3, 0.4) is 0 Å². The Bertz CT molecular complexity index is 1890. The molecule has 0 radical (unpaired) electrons. The van der Waals surface area contributed by atoms with Gasteiger partial charge in [-0.25, -0.2) is 0 Å². The summed E-state index contributed by atoms with van der Waals surface area (Å²) in [6, 6.07) is 13.3. The van der Waals surface area contributed by atoms with Crippen LogP contribution in [0.5, 0.6) is 5.75 Å². The van der Waals surface area contributed by atoms with Gasteiger partial charge in [-0.05, 0) is 82.1 Å². The SMILES string of the molecule is CC(C)(C)OC(=O)CCC(CO)NC(=O)CCNC(=O)C12CC3OC(=O)C1N(Cc1ccc(C=CCc4ccccc4O)cc1)OC2C1OC(C2CC2)(C2CC2)OC31. The van der Waals surface area contributed by atoms with E-state index in [9.17, 15) is 29.4 Å². The molecule has 7 atom stereocenters. The summed E-state index contributed by atoms with van der Waals surface area (Å²) < 4.78 is 25.2. The molecule has 14 heteroatoms. The second kappa shape index (κ2) is 16.0. The zero-order chi connectivity index (χ0) is 40.8. The van der Waals surface area contributed by atoms with Crippen molar-refractivity contribution >= 4 is 29.8 Å². The number of phenolic OH excluding ortho intramolecular Hbond substituents is 1. The Morgan fingerprint density at radius 2 is 1.71 bits per heavy atom. The van der Waals surface area contributed by atoms with Crippen LogP contribution < -0.4 is 10.6 Å². The highest BCUT2D eigenvalue weighted by atomic mass is 16.8. The first-order chi connectivity index (χ1) is 27.8. The third-order valence-electron chi connectivity index (χ3n) is 12.2. The summed E-state index contributed by atoms with van der Waals surface area (Å²) in [6.45, 7) is 5.11. The highest BCUT2D eigenvalue weighted by molar-refractivity contribution is 5.94. The van der Waals surface area contributed by atoms with E-state index in [1.807, 2.05) is 48.6 Å². The molecule has 2 bridgehead atoms. The number of hydrogen-bond donors (Lipinski definition) is 4. The molecule has 4 N–H and O–H groups in total. The molecule has 3 saturated carbocycles. The number of rotatable bonds is 16. The van der Waals surface area contributed by atoms with E-state index >= 15 is 0 Å². The van der Waals surface area contributed by atoms with Gasteiger partial charge in [0.05, 0.1) is 19.2 Å². The summed E-state index contributed by atoms with van der Waals surface area (Å²) in [5.41, 5.74) is 0.625. The van der Waals surface area contributed by atoms with Crippen molar-refractivity contribution in [2.45, 2.75) is 133 Å². The number of nitrogens with one attached hydrogen (secondary N) is 2. The Morgan fingerprint density at radius 3 is 2.38 bits per heavy atom. The Labute approximate surface area is 338 Å². The molecule has 312 valence electrons. The monoisotopic (exact) mass is 801 g/mol. The van der Waals surface area contributed by atoms with Gasteiger partial charge in [0.1, 0.15) is 41.2 Å². The molecule has 2 amide bonds. The number of benzene rings is 2. The van der Waals surface area contributed by atoms with Crippen LogP contribution in [-0.4, -0.2) is 100 Å².